The van der Waals surface area contributed by atoms with Crippen molar-refractivity contribution in [2.24, 2.45) is 5.73 Å². The fourth-order valence-electron chi connectivity index (χ4n) is 1.01. The van der Waals surface area contributed by atoms with Gasteiger partial charge < -0.3 is 10.5 Å². The monoisotopic (exact) mass is 191 g/mol. The molecule has 0 rings (SSSR count). The third-order valence-electron chi connectivity index (χ3n) is 1.76. The molecule has 0 aliphatic carbocycles. The van der Waals surface area contributed by atoms with Crippen molar-refractivity contribution in [1.82, 2.24) is 0 Å². The molecule has 0 unspecified atom stereocenters. The third kappa shape index (κ3) is 8.37. The molecule has 0 aromatic rings. The Morgan fingerprint density at radius 3 is 2.75 bits per heavy atom. The van der Waals surface area contributed by atoms with E-state index in [1.807, 2.05) is 11.8 Å². The molecule has 0 saturated heterocycles. The highest BCUT2D eigenvalue weighted by Gasteiger charge is 2.00. The van der Waals surface area contributed by atoms with E-state index < -0.39 is 0 Å². The standard InChI is InChI=1S/C9H21NOS/c1-3-12-8-6-9(10)5-4-7-11-2/h9H,3-8,10H2,1-2H3/t9-/m0/s1. The van der Waals surface area contributed by atoms with Gasteiger partial charge in [0.2, 0.25) is 0 Å². The zero-order valence-electron chi connectivity index (χ0n) is 8.21. The lowest BCUT2D eigenvalue weighted by molar-refractivity contribution is 0.190. The summed E-state index contributed by atoms with van der Waals surface area (Å²) in [7, 11) is 1.73. The Labute approximate surface area is 80.2 Å². The van der Waals surface area contributed by atoms with Crippen molar-refractivity contribution in [3.63, 3.8) is 0 Å². The van der Waals surface area contributed by atoms with Crippen molar-refractivity contribution >= 4 is 11.8 Å². The van der Waals surface area contributed by atoms with Gasteiger partial charge in [-0.1, -0.05) is 6.92 Å². The maximum Gasteiger partial charge on any atom is 0.0462 e. The summed E-state index contributed by atoms with van der Waals surface area (Å²) in [5.74, 6) is 2.40. The fraction of sp³-hybridized carbons (Fsp3) is 1.00. The minimum absolute atomic E-state index is 0.374. The highest BCUT2D eigenvalue weighted by atomic mass is 32.2. The first-order chi connectivity index (χ1) is 5.81. The summed E-state index contributed by atoms with van der Waals surface area (Å²) in [6.07, 6.45) is 3.33. The van der Waals surface area contributed by atoms with E-state index in [4.69, 9.17) is 10.5 Å². The lowest BCUT2D eigenvalue weighted by atomic mass is 10.1. The van der Waals surface area contributed by atoms with Crippen LogP contribution in [0, 0.1) is 0 Å². The molecule has 2 nitrogen and oxygen atoms in total. The lowest BCUT2D eigenvalue weighted by Crippen LogP contribution is -2.21. The first-order valence-electron chi connectivity index (χ1n) is 4.63. The molecule has 0 saturated carbocycles. The van der Waals surface area contributed by atoms with E-state index in [-0.39, 0.29) is 0 Å². The maximum absolute atomic E-state index is 5.89. The van der Waals surface area contributed by atoms with E-state index in [9.17, 15) is 0 Å². The number of hydrogen-bond acceptors (Lipinski definition) is 3. The second-order valence-corrected chi connectivity index (χ2v) is 4.27. The summed E-state index contributed by atoms with van der Waals surface area (Å²) in [5, 5.41) is 0. The van der Waals surface area contributed by atoms with E-state index in [1.54, 1.807) is 7.11 Å². The predicted molar refractivity (Wildman–Crippen MR) is 56.7 cm³/mol. The normalized spacial score (nSPS) is 13.2. The highest BCUT2D eigenvalue weighted by molar-refractivity contribution is 7.99. The molecule has 0 aliphatic rings. The van der Waals surface area contributed by atoms with Gasteiger partial charge in [0, 0.05) is 19.8 Å². The van der Waals surface area contributed by atoms with Crippen LogP contribution in [0.15, 0.2) is 0 Å². The maximum atomic E-state index is 5.89. The Hall–Kier alpha value is 0.270. The van der Waals surface area contributed by atoms with Crippen LogP contribution in [0.2, 0.25) is 0 Å². The van der Waals surface area contributed by atoms with Crippen LogP contribution in [0.1, 0.15) is 26.2 Å². The molecule has 12 heavy (non-hydrogen) atoms. The van der Waals surface area contributed by atoms with Gasteiger partial charge >= 0.3 is 0 Å². The van der Waals surface area contributed by atoms with E-state index in [1.165, 1.54) is 11.5 Å². The summed E-state index contributed by atoms with van der Waals surface area (Å²) in [6.45, 7) is 3.02. The molecule has 0 aromatic carbocycles. The van der Waals surface area contributed by atoms with Gasteiger partial charge in [0.05, 0.1) is 0 Å². The molecule has 0 fully saturated rings. The average Bonchev–Trinajstić information content (AvgIpc) is 2.06. The SMILES string of the molecule is CCSCC[C@@H](N)CCCOC. The first-order valence-corrected chi connectivity index (χ1v) is 5.79. The number of rotatable bonds is 8. The molecule has 74 valence electrons. The van der Waals surface area contributed by atoms with Crippen molar-refractivity contribution in [3.8, 4) is 0 Å². The van der Waals surface area contributed by atoms with Crippen molar-refractivity contribution in [3.05, 3.63) is 0 Å². The van der Waals surface area contributed by atoms with Crippen molar-refractivity contribution in [1.29, 1.82) is 0 Å². The van der Waals surface area contributed by atoms with Gasteiger partial charge in [-0.3, -0.25) is 0 Å². The van der Waals surface area contributed by atoms with Crippen LogP contribution in [-0.4, -0.2) is 31.3 Å². The van der Waals surface area contributed by atoms with Crippen LogP contribution in [0.25, 0.3) is 0 Å². The molecule has 0 heterocycles. The Balaban J connectivity index is 3.04. The molecule has 0 aliphatic heterocycles. The molecular formula is C9H21NOS. The van der Waals surface area contributed by atoms with Crippen LogP contribution < -0.4 is 5.73 Å². The Bertz CT molecular complexity index is 80.6. The number of methoxy groups -OCH3 is 1. The van der Waals surface area contributed by atoms with Crippen LogP contribution in [0.4, 0.5) is 0 Å². The summed E-state index contributed by atoms with van der Waals surface area (Å²) in [6, 6.07) is 0.374. The second-order valence-electron chi connectivity index (χ2n) is 2.88. The van der Waals surface area contributed by atoms with E-state index in [0.717, 1.165) is 25.9 Å². The molecule has 0 spiro atoms. The molecule has 2 N–H and O–H groups in total. The van der Waals surface area contributed by atoms with E-state index in [2.05, 4.69) is 6.92 Å². The lowest BCUT2D eigenvalue weighted by Gasteiger charge is -2.09. The topological polar surface area (TPSA) is 35.2 Å². The van der Waals surface area contributed by atoms with Crippen LogP contribution in [0.3, 0.4) is 0 Å². The molecule has 1 atom stereocenters. The van der Waals surface area contributed by atoms with Gasteiger partial charge in [-0.15, -0.1) is 0 Å². The Morgan fingerprint density at radius 2 is 2.17 bits per heavy atom. The Morgan fingerprint density at radius 1 is 1.42 bits per heavy atom. The molecule has 3 heteroatoms. The number of hydrogen-bond donors (Lipinski definition) is 1. The van der Waals surface area contributed by atoms with Crippen LogP contribution >= 0.6 is 11.8 Å². The van der Waals surface area contributed by atoms with E-state index in [0.29, 0.717) is 6.04 Å². The minimum atomic E-state index is 0.374. The fourth-order valence-corrected chi connectivity index (χ4v) is 1.77. The Kier molecular flexibility index (Phi) is 9.57. The van der Waals surface area contributed by atoms with E-state index >= 15 is 0 Å². The van der Waals surface area contributed by atoms with Gasteiger partial charge in [-0.2, -0.15) is 11.8 Å². The number of thioether (sulfide) groups is 1. The quantitative estimate of drug-likeness (QED) is 0.595. The summed E-state index contributed by atoms with van der Waals surface area (Å²) < 4.78 is 4.96. The molecule has 0 amide bonds. The number of ether oxygens (including phenoxy) is 1. The first kappa shape index (κ1) is 12.3. The van der Waals surface area contributed by atoms with Gasteiger partial charge in [0.1, 0.15) is 0 Å². The average molecular weight is 191 g/mol. The van der Waals surface area contributed by atoms with Crippen molar-refractivity contribution < 1.29 is 4.74 Å². The number of nitrogens with two attached hydrogens (primary N) is 1. The smallest absolute Gasteiger partial charge is 0.0462 e. The van der Waals surface area contributed by atoms with Gasteiger partial charge in [-0.05, 0) is 30.8 Å². The van der Waals surface area contributed by atoms with Crippen molar-refractivity contribution in [2.45, 2.75) is 32.2 Å². The van der Waals surface area contributed by atoms with Crippen LogP contribution in [-0.2, 0) is 4.74 Å². The highest BCUT2D eigenvalue weighted by Crippen LogP contribution is 2.06. The predicted octanol–water partition coefficient (Wildman–Crippen LogP) is 1.88. The summed E-state index contributed by atoms with van der Waals surface area (Å²) in [5.41, 5.74) is 5.89. The molecule has 0 bridgehead atoms. The van der Waals surface area contributed by atoms with Crippen LogP contribution in [0.5, 0.6) is 0 Å². The van der Waals surface area contributed by atoms with Crippen molar-refractivity contribution in [2.75, 3.05) is 25.2 Å². The summed E-state index contributed by atoms with van der Waals surface area (Å²) in [4.78, 5) is 0. The molecular weight excluding hydrogens is 170 g/mol. The van der Waals surface area contributed by atoms with Gasteiger partial charge in [0.15, 0.2) is 0 Å². The largest absolute Gasteiger partial charge is 0.385 e. The second kappa shape index (κ2) is 9.36. The third-order valence-corrected chi connectivity index (χ3v) is 2.69. The van der Waals surface area contributed by atoms with Gasteiger partial charge in [-0.25, -0.2) is 0 Å². The summed E-state index contributed by atoms with van der Waals surface area (Å²) >= 11 is 1.96. The minimum Gasteiger partial charge on any atom is -0.385 e. The molecule has 0 aromatic heterocycles. The zero-order chi connectivity index (χ0) is 9.23. The molecule has 0 radical (unpaired) electrons. The zero-order valence-corrected chi connectivity index (χ0v) is 9.03. The van der Waals surface area contributed by atoms with Gasteiger partial charge in [0.25, 0.3) is 0 Å².